The first-order valence-electron chi connectivity index (χ1n) is 7.92. The molecule has 0 bridgehead atoms. The third-order valence-corrected chi connectivity index (χ3v) is 5.75. The van der Waals surface area contributed by atoms with Crippen molar-refractivity contribution in [2.75, 3.05) is 45.5 Å². The third-order valence-electron chi connectivity index (χ3n) is 4.44. The average molecular weight is 317 g/mol. The molecule has 0 spiro atoms. The molecule has 2 aliphatic heterocycles. The third kappa shape index (κ3) is 5.23. The molecule has 21 heavy (non-hydrogen) atoms. The number of nitrogens with zero attached hydrogens (tertiary/aromatic N) is 2. The molecule has 1 N–H and O–H groups in total. The second kappa shape index (κ2) is 7.56. The Hall–Kier alpha value is -0.660. The van der Waals surface area contributed by atoms with Crippen LogP contribution in [0.25, 0.3) is 0 Å². The summed E-state index contributed by atoms with van der Waals surface area (Å²) in [5, 5.41) is 3.00. The van der Waals surface area contributed by atoms with Crippen LogP contribution in [0.4, 0.5) is 0 Å². The first kappa shape index (κ1) is 16.7. The summed E-state index contributed by atoms with van der Waals surface area (Å²) >= 11 is 0. The quantitative estimate of drug-likeness (QED) is 0.714. The Morgan fingerprint density at radius 1 is 1.14 bits per heavy atom. The highest BCUT2D eigenvalue weighted by atomic mass is 32.2. The van der Waals surface area contributed by atoms with Gasteiger partial charge < -0.3 is 10.2 Å². The van der Waals surface area contributed by atoms with Crippen molar-refractivity contribution in [1.82, 2.24) is 14.5 Å². The van der Waals surface area contributed by atoms with Crippen LogP contribution < -0.4 is 5.32 Å². The number of piperidine rings is 1. The van der Waals surface area contributed by atoms with Gasteiger partial charge in [0.25, 0.3) is 0 Å². The second-order valence-electron chi connectivity index (χ2n) is 6.13. The van der Waals surface area contributed by atoms with E-state index in [2.05, 4.69) is 10.2 Å². The summed E-state index contributed by atoms with van der Waals surface area (Å²) in [6.07, 6.45) is 6.08. The molecule has 6 nitrogen and oxygen atoms in total. The van der Waals surface area contributed by atoms with Crippen molar-refractivity contribution in [3.63, 3.8) is 0 Å². The van der Waals surface area contributed by atoms with Crippen molar-refractivity contribution in [2.45, 2.75) is 32.1 Å². The van der Waals surface area contributed by atoms with Gasteiger partial charge in [0.05, 0.1) is 6.26 Å². The van der Waals surface area contributed by atoms with Gasteiger partial charge in [-0.15, -0.1) is 0 Å². The molecule has 0 aromatic heterocycles. The molecule has 2 heterocycles. The number of amides is 1. The lowest BCUT2D eigenvalue weighted by Gasteiger charge is -2.29. The highest BCUT2D eigenvalue weighted by Crippen LogP contribution is 2.19. The van der Waals surface area contributed by atoms with Crippen molar-refractivity contribution in [2.24, 2.45) is 5.92 Å². The molecule has 2 saturated heterocycles. The van der Waals surface area contributed by atoms with Crippen molar-refractivity contribution >= 4 is 15.9 Å². The topological polar surface area (TPSA) is 69.7 Å². The standard InChI is InChI=1S/C14H27N3O3S/c1-21(19,20)17-11-5-13(6-12-17)14(18)15-7-4-10-16-8-2-3-9-16/h13H,2-12H2,1H3,(H,15,18). The summed E-state index contributed by atoms with van der Waals surface area (Å²) in [7, 11) is -3.11. The Balaban J connectivity index is 1.61. The fourth-order valence-corrected chi connectivity index (χ4v) is 3.99. The van der Waals surface area contributed by atoms with Gasteiger partial charge in [-0.05, 0) is 51.7 Å². The molecule has 2 fully saturated rings. The number of carbonyl (C=O) groups is 1. The van der Waals surface area contributed by atoms with Gasteiger partial charge in [-0.1, -0.05) is 0 Å². The molecular formula is C14H27N3O3S. The molecule has 0 aromatic carbocycles. The minimum absolute atomic E-state index is 0.0326. The largest absolute Gasteiger partial charge is 0.356 e. The summed E-state index contributed by atoms with van der Waals surface area (Å²) in [4.78, 5) is 14.5. The Labute approximate surface area is 127 Å². The van der Waals surface area contributed by atoms with E-state index in [9.17, 15) is 13.2 Å². The molecule has 0 saturated carbocycles. The van der Waals surface area contributed by atoms with Gasteiger partial charge in [0.15, 0.2) is 0 Å². The number of carbonyl (C=O) groups excluding carboxylic acids is 1. The zero-order valence-electron chi connectivity index (χ0n) is 12.9. The molecule has 0 atom stereocenters. The van der Waals surface area contributed by atoms with Crippen LogP contribution in [-0.2, 0) is 14.8 Å². The molecule has 2 rings (SSSR count). The zero-order chi connectivity index (χ0) is 15.3. The maximum atomic E-state index is 12.1. The molecule has 0 aliphatic carbocycles. The maximum absolute atomic E-state index is 12.1. The van der Waals surface area contributed by atoms with E-state index in [4.69, 9.17) is 0 Å². The van der Waals surface area contributed by atoms with Crippen LogP contribution >= 0.6 is 0 Å². The van der Waals surface area contributed by atoms with Crippen LogP contribution in [0.15, 0.2) is 0 Å². The number of hydrogen-bond donors (Lipinski definition) is 1. The van der Waals surface area contributed by atoms with Gasteiger partial charge >= 0.3 is 0 Å². The fourth-order valence-electron chi connectivity index (χ4n) is 3.11. The monoisotopic (exact) mass is 317 g/mol. The van der Waals surface area contributed by atoms with Crippen LogP contribution in [0.3, 0.4) is 0 Å². The maximum Gasteiger partial charge on any atom is 0.223 e. The van der Waals surface area contributed by atoms with E-state index >= 15 is 0 Å². The van der Waals surface area contributed by atoms with Crippen molar-refractivity contribution in [3.8, 4) is 0 Å². The highest BCUT2D eigenvalue weighted by Gasteiger charge is 2.28. The van der Waals surface area contributed by atoms with Gasteiger partial charge in [0.1, 0.15) is 0 Å². The first-order valence-corrected chi connectivity index (χ1v) is 9.77. The first-order chi connectivity index (χ1) is 9.97. The van der Waals surface area contributed by atoms with E-state index in [0.717, 1.165) is 19.5 Å². The van der Waals surface area contributed by atoms with Gasteiger partial charge in [0.2, 0.25) is 15.9 Å². The molecule has 0 radical (unpaired) electrons. The summed E-state index contributed by atoms with van der Waals surface area (Å²) < 4.78 is 24.3. The molecule has 0 aromatic rings. The van der Waals surface area contributed by atoms with E-state index in [1.54, 1.807) is 0 Å². The van der Waals surface area contributed by atoms with Crippen LogP contribution in [0.5, 0.6) is 0 Å². The molecule has 122 valence electrons. The van der Waals surface area contributed by atoms with E-state index in [1.807, 2.05) is 0 Å². The summed E-state index contributed by atoms with van der Waals surface area (Å²) in [5.41, 5.74) is 0. The van der Waals surface area contributed by atoms with Crippen molar-refractivity contribution in [3.05, 3.63) is 0 Å². The molecular weight excluding hydrogens is 290 g/mol. The van der Waals surface area contributed by atoms with Gasteiger partial charge in [-0.25, -0.2) is 12.7 Å². The predicted octanol–water partition coefficient (Wildman–Crippen LogP) is 0.260. The molecule has 7 heteroatoms. The normalized spacial score (nSPS) is 22.5. The number of nitrogens with one attached hydrogen (secondary N) is 1. The zero-order valence-corrected chi connectivity index (χ0v) is 13.7. The van der Waals surface area contributed by atoms with Crippen molar-refractivity contribution < 1.29 is 13.2 Å². The predicted molar refractivity (Wildman–Crippen MR) is 82.4 cm³/mol. The lowest BCUT2D eigenvalue weighted by molar-refractivity contribution is -0.126. The minimum Gasteiger partial charge on any atom is -0.356 e. The molecule has 2 aliphatic rings. The fraction of sp³-hybridized carbons (Fsp3) is 0.929. The van der Waals surface area contributed by atoms with E-state index < -0.39 is 10.0 Å². The van der Waals surface area contributed by atoms with Crippen LogP contribution in [0.1, 0.15) is 32.1 Å². The second-order valence-corrected chi connectivity index (χ2v) is 8.11. The van der Waals surface area contributed by atoms with Gasteiger partial charge in [0, 0.05) is 25.6 Å². The minimum atomic E-state index is -3.11. The number of rotatable bonds is 6. The number of sulfonamides is 1. The Morgan fingerprint density at radius 2 is 1.76 bits per heavy atom. The summed E-state index contributed by atoms with van der Waals surface area (Å²) in [6.45, 7) is 5.10. The lowest BCUT2D eigenvalue weighted by atomic mass is 9.97. The highest BCUT2D eigenvalue weighted by molar-refractivity contribution is 7.88. The SMILES string of the molecule is CS(=O)(=O)N1CCC(C(=O)NCCCN2CCCC2)CC1. The number of hydrogen-bond acceptors (Lipinski definition) is 4. The van der Waals surface area contributed by atoms with Crippen LogP contribution in [0.2, 0.25) is 0 Å². The average Bonchev–Trinajstić information content (AvgIpc) is 2.96. The van der Waals surface area contributed by atoms with Crippen molar-refractivity contribution in [1.29, 1.82) is 0 Å². The van der Waals surface area contributed by atoms with E-state index in [-0.39, 0.29) is 11.8 Å². The Kier molecular flexibility index (Phi) is 6.01. The summed E-state index contributed by atoms with van der Waals surface area (Å²) in [6, 6.07) is 0. The Morgan fingerprint density at radius 3 is 2.33 bits per heavy atom. The smallest absolute Gasteiger partial charge is 0.223 e. The van der Waals surface area contributed by atoms with E-state index in [1.165, 1.54) is 36.5 Å². The molecule has 1 amide bonds. The van der Waals surface area contributed by atoms with Crippen LogP contribution in [-0.4, -0.2) is 69.1 Å². The Bertz CT molecular complexity index is 438. The van der Waals surface area contributed by atoms with Gasteiger partial charge in [-0.3, -0.25) is 4.79 Å². The van der Waals surface area contributed by atoms with E-state index in [0.29, 0.717) is 25.9 Å². The number of likely N-dealkylation sites (tertiary alicyclic amines) is 1. The molecule has 0 unspecified atom stereocenters. The lowest BCUT2D eigenvalue weighted by Crippen LogP contribution is -2.43. The van der Waals surface area contributed by atoms with Crippen LogP contribution in [0, 0.1) is 5.92 Å². The summed E-state index contributed by atoms with van der Waals surface area (Å²) in [5.74, 6) is 0.0550. The van der Waals surface area contributed by atoms with Gasteiger partial charge in [-0.2, -0.15) is 0 Å².